The predicted octanol–water partition coefficient (Wildman–Crippen LogP) is 5.37. The number of hydrogen-bond acceptors (Lipinski definition) is 2. The first kappa shape index (κ1) is 17.2. The molecule has 0 aliphatic rings. The van der Waals surface area contributed by atoms with E-state index in [1.165, 1.54) is 29.1 Å². The van der Waals surface area contributed by atoms with E-state index in [0.717, 1.165) is 24.3 Å². The van der Waals surface area contributed by atoms with Crippen molar-refractivity contribution >= 4 is 11.6 Å². The third-order valence-corrected chi connectivity index (χ3v) is 3.55. The molecule has 3 nitrogen and oxygen atoms in total. The number of ether oxygens (including phenoxy) is 1. The standard InChI is InChI=1S/C16H8ClF5N2O/c17-15-14(13-11(18)2-1-3-12(13)19)24(8-23-15)9-4-6-10(7-5-9)25-16(20,21)22/h1-8H. The summed E-state index contributed by atoms with van der Waals surface area (Å²) in [6.07, 6.45) is -3.61. The number of nitrogens with zero attached hydrogens (tertiary/aromatic N) is 2. The largest absolute Gasteiger partial charge is 0.573 e. The highest BCUT2D eigenvalue weighted by molar-refractivity contribution is 6.32. The lowest BCUT2D eigenvalue weighted by atomic mass is 10.1. The summed E-state index contributed by atoms with van der Waals surface area (Å²) in [4.78, 5) is 3.82. The maximum absolute atomic E-state index is 14.1. The summed E-state index contributed by atoms with van der Waals surface area (Å²) in [6, 6.07) is 8.02. The summed E-state index contributed by atoms with van der Waals surface area (Å²) < 4.78 is 69.8. The molecule has 2 aromatic carbocycles. The molecule has 0 amide bonds. The van der Waals surface area contributed by atoms with Crippen molar-refractivity contribution in [3.8, 4) is 22.7 Å². The summed E-state index contributed by atoms with van der Waals surface area (Å²) in [6.45, 7) is 0. The second-order valence-electron chi connectivity index (χ2n) is 4.89. The molecular formula is C16H8ClF5N2O. The van der Waals surface area contributed by atoms with E-state index in [1.807, 2.05) is 0 Å². The Morgan fingerprint density at radius 1 is 0.960 bits per heavy atom. The number of halogens is 6. The SMILES string of the molecule is Fc1cccc(F)c1-c1c(Cl)ncn1-c1ccc(OC(F)(F)F)cc1. The van der Waals surface area contributed by atoms with Gasteiger partial charge in [0.05, 0.1) is 11.3 Å². The third-order valence-electron chi connectivity index (χ3n) is 3.27. The Labute approximate surface area is 143 Å². The molecule has 0 aliphatic heterocycles. The topological polar surface area (TPSA) is 27.1 Å². The van der Waals surface area contributed by atoms with Crippen LogP contribution < -0.4 is 4.74 Å². The molecule has 0 spiro atoms. The molecule has 1 heterocycles. The molecule has 25 heavy (non-hydrogen) atoms. The van der Waals surface area contributed by atoms with Crippen LogP contribution in [0.25, 0.3) is 16.9 Å². The van der Waals surface area contributed by atoms with Crippen molar-refractivity contribution in [1.29, 1.82) is 0 Å². The monoisotopic (exact) mass is 374 g/mol. The van der Waals surface area contributed by atoms with Crippen LogP contribution in [0.4, 0.5) is 22.0 Å². The maximum Gasteiger partial charge on any atom is 0.573 e. The molecule has 0 atom stereocenters. The van der Waals surface area contributed by atoms with Crippen molar-refractivity contribution in [3.63, 3.8) is 0 Å². The van der Waals surface area contributed by atoms with Crippen LogP contribution in [0, 0.1) is 11.6 Å². The van der Waals surface area contributed by atoms with Gasteiger partial charge in [-0.3, -0.25) is 4.57 Å². The fourth-order valence-corrected chi connectivity index (χ4v) is 2.51. The van der Waals surface area contributed by atoms with Gasteiger partial charge in [0.25, 0.3) is 0 Å². The van der Waals surface area contributed by atoms with E-state index in [1.54, 1.807) is 0 Å². The van der Waals surface area contributed by atoms with E-state index in [2.05, 4.69) is 9.72 Å². The summed E-state index contributed by atoms with van der Waals surface area (Å²) >= 11 is 5.95. The Balaban J connectivity index is 2.06. The first-order valence-corrected chi connectivity index (χ1v) is 7.17. The van der Waals surface area contributed by atoms with Crippen molar-refractivity contribution in [3.05, 3.63) is 65.6 Å². The molecule has 0 saturated carbocycles. The minimum absolute atomic E-state index is 0.0539. The van der Waals surface area contributed by atoms with Gasteiger partial charge in [0.2, 0.25) is 0 Å². The quantitative estimate of drug-likeness (QED) is 0.576. The summed E-state index contributed by atoms with van der Waals surface area (Å²) in [5.74, 6) is -2.12. The molecule has 9 heteroatoms. The molecule has 0 aliphatic carbocycles. The molecule has 0 fully saturated rings. The molecule has 1 aromatic heterocycles. The Bertz CT molecular complexity index is 886. The number of rotatable bonds is 3. The Morgan fingerprint density at radius 2 is 1.56 bits per heavy atom. The second kappa shape index (κ2) is 6.36. The van der Waals surface area contributed by atoms with Gasteiger partial charge in [-0.25, -0.2) is 13.8 Å². The van der Waals surface area contributed by atoms with Crippen LogP contribution in [0.15, 0.2) is 48.8 Å². The molecule has 0 unspecified atom stereocenters. The van der Waals surface area contributed by atoms with Gasteiger partial charge in [-0.15, -0.1) is 13.2 Å². The van der Waals surface area contributed by atoms with E-state index in [4.69, 9.17) is 11.6 Å². The minimum atomic E-state index is -4.82. The van der Waals surface area contributed by atoms with Crippen molar-refractivity contribution in [2.24, 2.45) is 0 Å². The molecule has 130 valence electrons. The zero-order valence-electron chi connectivity index (χ0n) is 12.2. The fraction of sp³-hybridized carbons (Fsp3) is 0.0625. The summed E-state index contributed by atoms with van der Waals surface area (Å²) in [5.41, 5.74) is -0.144. The number of benzene rings is 2. The lowest BCUT2D eigenvalue weighted by molar-refractivity contribution is -0.274. The van der Waals surface area contributed by atoms with E-state index >= 15 is 0 Å². The fourth-order valence-electron chi connectivity index (χ4n) is 2.28. The van der Waals surface area contributed by atoms with Gasteiger partial charge in [-0.05, 0) is 36.4 Å². The molecule has 0 radical (unpaired) electrons. The van der Waals surface area contributed by atoms with E-state index in [-0.39, 0.29) is 16.4 Å². The average Bonchev–Trinajstić information content (AvgIpc) is 2.88. The number of alkyl halides is 3. The zero-order chi connectivity index (χ0) is 18.2. The highest BCUT2D eigenvalue weighted by atomic mass is 35.5. The first-order valence-electron chi connectivity index (χ1n) is 6.79. The average molecular weight is 375 g/mol. The van der Waals surface area contributed by atoms with Crippen LogP contribution in [0.1, 0.15) is 0 Å². The van der Waals surface area contributed by atoms with Crippen molar-refractivity contribution in [2.45, 2.75) is 6.36 Å². The maximum atomic E-state index is 14.1. The predicted molar refractivity (Wildman–Crippen MR) is 80.6 cm³/mol. The van der Waals surface area contributed by atoms with Crippen molar-refractivity contribution < 1.29 is 26.7 Å². The van der Waals surface area contributed by atoms with E-state index < -0.39 is 23.7 Å². The Morgan fingerprint density at radius 3 is 2.12 bits per heavy atom. The molecule has 0 N–H and O–H groups in total. The highest BCUT2D eigenvalue weighted by Crippen LogP contribution is 2.34. The van der Waals surface area contributed by atoms with Gasteiger partial charge in [0.15, 0.2) is 5.15 Å². The highest BCUT2D eigenvalue weighted by Gasteiger charge is 2.31. The normalized spacial score (nSPS) is 11.6. The van der Waals surface area contributed by atoms with Gasteiger partial charge in [-0.1, -0.05) is 17.7 Å². The molecule has 0 saturated heterocycles. The van der Waals surface area contributed by atoms with Gasteiger partial charge in [-0.2, -0.15) is 0 Å². The smallest absolute Gasteiger partial charge is 0.406 e. The van der Waals surface area contributed by atoms with Gasteiger partial charge in [0, 0.05) is 5.69 Å². The van der Waals surface area contributed by atoms with E-state index in [9.17, 15) is 22.0 Å². The van der Waals surface area contributed by atoms with Gasteiger partial charge in [0.1, 0.15) is 23.7 Å². The zero-order valence-corrected chi connectivity index (χ0v) is 12.9. The van der Waals surface area contributed by atoms with Crippen LogP contribution in [0.2, 0.25) is 5.15 Å². The Hall–Kier alpha value is -2.61. The van der Waals surface area contributed by atoms with E-state index in [0.29, 0.717) is 5.69 Å². The number of aromatic nitrogens is 2. The van der Waals surface area contributed by atoms with Crippen LogP contribution in [-0.4, -0.2) is 15.9 Å². The van der Waals surface area contributed by atoms with Gasteiger partial charge >= 0.3 is 6.36 Å². The van der Waals surface area contributed by atoms with Crippen LogP contribution in [-0.2, 0) is 0 Å². The summed E-state index contributed by atoms with van der Waals surface area (Å²) in [7, 11) is 0. The lowest BCUT2D eigenvalue weighted by Gasteiger charge is -2.12. The second-order valence-corrected chi connectivity index (χ2v) is 5.25. The first-order chi connectivity index (χ1) is 11.8. The Kier molecular flexibility index (Phi) is 4.38. The summed E-state index contributed by atoms with van der Waals surface area (Å²) in [5, 5.41) is -0.153. The van der Waals surface area contributed by atoms with Crippen LogP contribution in [0.3, 0.4) is 0 Å². The van der Waals surface area contributed by atoms with Crippen LogP contribution >= 0.6 is 11.6 Å². The number of imidazole rings is 1. The van der Waals surface area contributed by atoms with Crippen LogP contribution in [0.5, 0.6) is 5.75 Å². The molecule has 0 bridgehead atoms. The number of hydrogen-bond donors (Lipinski definition) is 0. The molecule has 3 rings (SSSR count). The minimum Gasteiger partial charge on any atom is -0.406 e. The molecular weight excluding hydrogens is 367 g/mol. The lowest BCUT2D eigenvalue weighted by Crippen LogP contribution is -2.17. The van der Waals surface area contributed by atoms with Crippen molar-refractivity contribution in [2.75, 3.05) is 0 Å². The van der Waals surface area contributed by atoms with Crippen molar-refractivity contribution in [1.82, 2.24) is 9.55 Å². The third kappa shape index (κ3) is 3.58. The molecule has 3 aromatic rings. The van der Waals surface area contributed by atoms with Gasteiger partial charge < -0.3 is 4.74 Å².